The van der Waals surface area contributed by atoms with Crippen LogP contribution in [0, 0.1) is 0 Å². The topological polar surface area (TPSA) is 82.8 Å². The number of carbonyl (C=O) groups is 1. The minimum atomic E-state index is -0.512. The maximum Gasteiger partial charge on any atom is 0.262 e. The zero-order valence-corrected chi connectivity index (χ0v) is 13.3. The molecular formula is C17H13N3O3S. The fourth-order valence-electron chi connectivity index (χ4n) is 2.43. The number of rotatable bonds is 5. The molecule has 4 rings (SSSR count). The summed E-state index contributed by atoms with van der Waals surface area (Å²) in [6, 6.07) is 9.40. The lowest BCUT2D eigenvalue weighted by Gasteiger charge is -2.03. The standard InChI is InChI=1S/C17H13N3O3S/c18-17(21)16-13(23-10-11-4-6-22-9-11)7-14(24-16)12-8-19-15-3-1-2-5-20(12)15/h1-9H,10H2,(H2,18,21). The molecule has 2 N–H and O–H groups in total. The summed E-state index contributed by atoms with van der Waals surface area (Å²) in [6.45, 7) is 0.306. The van der Waals surface area contributed by atoms with Gasteiger partial charge in [-0.2, -0.15) is 0 Å². The lowest BCUT2D eigenvalue weighted by molar-refractivity contribution is 0.1000. The molecule has 1 amide bonds. The van der Waals surface area contributed by atoms with E-state index in [2.05, 4.69) is 4.98 Å². The Morgan fingerprint density at radius 1 is 1.38 bits per heavy atom. The fourth-order valence-corrected chi connectivity index (χ4v) is 3.39. The van der Waals surface area contributed by atoms with Crippen LogP contribution in [0.3, 0.4) is 0 Å². The quantitative estimate of drug-likeness (QED) is 0.604. The van der Waals surface area contributed by atoms with E-state index in [0.717, 1.165) is 21.8 Å². The first kappa shape index (κ1) is 14.5. The number of hydrogen-bond acceptors (Lipinski definition) is 5. The van der Waals surface area contributed by atoms with Gasteiger partial charge < -0.3 is 14.9 Å². The highest BCUT2D eigenvalue weighted by Gasteiger charge is 2.18. The third kappa shape index (κ3) is 2.55. The van der Waals surface area contributed by atoms with Crippen LogP contribution in [-0.2, 0) is 6.61 Å². The minimum absolute atomic E-state index is 0.306. The predicted molar refractivity (Wildman–Crippen MR) is 90.1 cm³/mol. The van der Waals surface area contributed by atoms with Crippen molar-refractivity contribution in [1.82, 2.24) is 9.38 Å². The van der Waals surface area contributed by atoms with E-state index in [1.165, 1.54) is 11.3 Å². The molecule has 24 heavy (non-hydrogen) atoms. The number of ether oxygens (including phenoxy) is 1. The van der Waals surface area contributed by atoms with Crippen LogP contribution in [0.4, 0.5) is 0 Å². The van der Waals surface area contributed by atoms with Gasteiger partial charge in [-0.1, -0.05) is 6.07 Å². The molecule has 0 fully saturated rings. The van der Waals surface area contributed by atoms with E-state index in [1.807, 2.05) is 40.9 Å². The Bertz CT molecular complexity index is 1000. The van der Waals surface area contributed by atoms with Crippen molar-refractivity contribution >= 4 is 22.9 Å². The molecule has 120 valence electrons. The van der Waals surface area contributed by atoms with Gasteiger partial charge in [0.1, 0.15) is 22.9 Å². The third-order valence-corrected chi connectivity index (χ3v) is 4.72. The van der Waals surface area contributed by atoms with Crippen molar-refractivity contribution in [2.24, 2.45) is 5.73 Å². The van der Waals surface area contributed by atoms with E-state index in [9.17, 15) is 4.79 Å². The first-order chi connectivity index (χ1) is 11.7. The van der Waals surface area contributed by atoms with Gasteiger partial charge in [-0.05, 0) is 18.2 Å². The highest BCUT2D eigenvalue weighted by molar-refractivity contribution is 7.17. The summed E-state index contributed by atoms with van der Waals surface area (Å²) in [5.41, 5.74) is 8.10. The van der Waals surface area contributed by atoms with Crippen LogP contribution in [-0.4, -0.2) is 15.3 Å². The van der Waals surface area contributed by atoms with Gasteiger partial charge in [-0.3, -0.25) is 9.20 Å². The third-order valence-electron chi connectivity index (χ3n) is 3.57. The SMILES string of the molecule is NC(=O)c1sc(-c2cnc3ccccn23)cc1OCc1ccoc1. The number of imidazole rings is 1. The summed E-state index contributed by atoms with van der Waals surface area (Å²) < 4.78 is 12.7. The second kappa shape index (κ2) is 5.86. The summed E-state index contributed by atoms with van der Waals surface area (Å²) >= 11 is 1.29. The molecule has 0 unspecified atom stereocenters. The highest BCUT2D eigenvalue weighted by atomic mass is 32.1. The second-order valence-corrected chi connectivity index (χ2v) is 6.21. The first-order valence-electron chi connectivity index (χ1n) is 7.22. The molecule has 0 aliphatic carbocycles. The van der Waals surface area contributed by atoms with Crippen LogP contribution in [0.15, 0.2) is 59.7 Å². The number of thiophene rings is 1. The summed E-state index contributed by atoms with van der Waals surface area (Å²) in [6.07, 6.45) is 6.87. The average molecular weight is 339 g/mol. The van der Waals surface area contributed by atoms with Crippen molar-refractivity contribution < 1.29 is 13.9 Å². The predicted octanol–water partition coefficient (Wildman–Crippen LogP) is 3.33. The number of primary amides is 1. The molecule has 4 heterocycles. The Morgan fingerprint density at radius 3 is 3.08 bits per heavy atom. The molecule has 4 aromatic rings. The molecule has 0 atom stereocenters. The number of nitrogens with two attached hydrogens (primary N) is 1. The molecule has 7 heteroatoms. The number of hydrogen-bond donors (Lipinski definition) is 1. The van der Waals surface area contributed by atoms with Crippen molar-refractivity contribution in [2.45, 2.75) is 6.61 Å². The van der Waals surface area contributed by atoms with Crippen LogP contribution in [0.1, 0.15) is 15.2 Å². The number of pyridine rings is 1. The van der Waals surface area contributed by atoms with Crippen LogP contribution >= 0.6 is 11.3 Å². The van der Waals surface area contributed by atoms with E-state index in [-0.39, 0.29) is 0 Å². The Hall–Kier alpha value is -3.06. The Balaban J connectivity index is 1.71. The molecular weight excluding hydrogens is 326 g/mol. The molecule has 0 saturated carbocycles. The zero-order chi connectivity index (χ0) is 16.5. The van der Waals surface area contributed by atoms with Gasteiger partial charge >= 0.3 is 0 Å². The van der Waals surface area contributed by atoms with Gasteiger partial charge in [-0.15, -0.1) is 11.3 Å². The molecule has 0 bridgehead atoms. The summed E-state index contributed by atoms with van der Waals surface area (Å²) in [5.74, 6) is -0.0446. The monoisotopic (exact) mass is 339 g/mol. The number of amides is 1. The van der Waals surface area contributed by atoms with E-state index in [1.54, 1.807) is 18.7 Å². The Kier molecular flexibility index (Phi) is 3.55. The van der Waals surface area contributed by atoms with Crippen LogP contribution in [0.5, 0.6) is 5.75 Å². The number of nitrogens with zero attached hydrogens (tertiary/aromatic N) is 2. The van der Waals surface area contributed by atoms with E-state index >= 15 is 0 Å². The Labute approximate surface area is 141 Å². The maximum absolute atomic E-state index is 11.7. The molecule has 0 aliphatic rings. The van der Waals surface area contributed by atoms with Crippen LogP contribution in [0.25, 0.3) is 16.2 Å². The van der Waals surface area contributed by atoms with Gasteiger partial charge in [0.15, 0.2) is 0 Å². The normalized spacial score (nSPS) is 11.0. The van der Waals surface area contributed by atoms with Crippen molar-refractivity contribution in [1.29, 1.82) is 0 Å². The number of furan rings is 1. The number of fused-ring (bicyclic) bond motifs is 1. The largest absolute Gasteiger partial charge is 0.487 e. The van der Waals surface area contributed by atoms with E-state index < -0.39 is 5.91 Å². The highest BCUT2D eigenvalue weighted by Crippen LogP contribution is 2.36. The molecule has 0 spiro atoms. The molecule has 0 radical (unpaired) electrons. The van der Waals surface area contributed by atoms with E-state index in [4.69, 9.17) is 14.9 Å². The average Bonchev–Trinajstić information content (AvgIpc) is 3.31. The number of carbonyl (C=O) groups excluding carboxylic acids is 1. The van der Waals surface area contributed by atoms with Crippen molar-refractivity contribution in [3.05, 3.63) is 65.7 Å². The molecule has 0 aliphatic heterocycles. The van der Waals surface area contributed by atoms with Gasteiger partial charge in [0, 0.05) is 17.8 Å². The molecule has 0 saturated heterocycles. The Morgan fingerprint density at radius 2 is 2.29 bits per heavy atom. The lowest BCUT2D eigenvalue weighted by Crippen LogP contribution is -2.10. The molecule has 4 aromatic heterocycles. The van der Waals surface area contributed by atoms with Gasteiger partial charge in [0.2, 0.25) is 0 Å². The molecule has 6 nitrogen and oxygen atoms in total. The second-order valence-electron chi connectivity index (χ2n) is 5.16. The fraction of sp³-hybridized carbons (Fsp3) is 0.0588. The van der Waals surface area contributed by atoms with Gasteiger partial charge in [0.25, 0.3) is 5.91 Å². The number of aromatic nitrogens is 2. The minimum Gasteiger partial charge on any atom is -0.487 e. The first-order valence-corrected chi connectivity index (χ1v) is 8.04. The van der Waals surface area contributed by atoms with Crippen molar-refractivity contribution in [2.75, 3.05) is 0 Å². The van der Waals surface area contributed by atoms with Crippen LogP contribution in [0.2, 0.25) is 0 Å². The molecule has 0 aromatic carbocycles. The van der Waals surface area contributed by atoms with Gasteiger partial charge in [0.05, 0.1) is 29.3 Å². The zero-order valence-electron chi connectivity index (χ0n) is 12.5. The summed E-state index contributed by atoms with van der Waals surface area (Å²) in [7, 11) is 0. The summed E-state index contributed by atoms with van der Waals surface area (Å²) in [5, 5.41) is 0. The lowest BCUT2D eigenvalue weighted by atomic mass is 10.3. The van der Waals surface area contributed by atoms with Crippen molar-refractivity contribution in [3.8, 4) is 16.3 Å². The smallest absolute Gasteiger partial charge is 0.262 e. The maximum atomic E-state index is 11.7. The van der Waals surface area contributed by atoms with Gasteiger partial charge in [-0.25, -0.2) is 4.98 Å². The van der Waals surface area contributed by atoms with Crippen molar-refractivity contribution in [3.63, 3.8) is 0 Å². The summed E-state index contributed by atoms with van der Waals surface area (Å²) in [4.78, 5) is 17.4. The van der Waals surface area contributed by atoms with Crippen LogP contribution < -0.4 is 10.5 Å². The van der Waals surface area contributed by atoms with E-state index in [0.29, 0.717) is 17.2 Å².